The minimum Gasteiger partial charge on any atom is -0.302 e. The molecule has 2 heteroatoms. The van der Waals surface area contributed by atoms with E-state index in [2.05, 4.69) is 18.9 Å². The molecule has 1 nitrogen and oxygen atoms in total. The summed E-state index contributed by atoms with van der Waals surface area (Å²) in [4.78, 5) is 2.52. The number of hydrogen-bond acceptors (Lipinski definition) is 1. The maximum Gasteiger partial charge on any atom is 0.0491 e. The molecule has 0 bridgehead atoms. The number of rotatable bonds is 9. The topological polar surface area (TPSA) is 3.24 Å². The van der Waals surface area contributed by atoms with Crippen LogP contribution in [-0.4, -0.2) is 29.9 Å². The van der Waals surface area contributed by atoms with Crippen molar-refractivity contribution in [2.75, 3.05) is 13.6 Å². The van der Waals surface area contributed by atoms with Crippen molar-refractivity contribution >= 4 is 11.6 Å². The second-order valence-corrected chi connectivity index (χ2v) is 6.53. The Kier molecular flexibility index (Phi) is 9.14. The average molecular weight is 274 g/mol. The summed E-state index contributed by atoms with van der Waals surface area (Å²) in [5.74, 6) is 0. The van der Waals surface area contributed by atoms with Crippen molar-refractivity contribution in [1.29, 1.82) is 0 Å². The van der Waals surface area contributed by atoms with Gasteiger partial charge in [-0.25, -0.2) is 0 Å². The minimum absolute atomic E-state index is 0.397. The quantitative estimate of drug-likeness (QED) is 0.411. The molecule has 0 heterocycles. The Bertz CT molecular complexity index is 196. The predicted octanol–water partition coefficient (Wildman–Crippen LogP) is 5.22. The zero-order valence-corrected chi connectivity index (χ0v) is 13.2. The molecule has 0 aromatic heterocycles. The van der Waals surface area contributed by atoms with E-state index in [1.54, 1.807) is 0 Å². The summed E-state index contributed by atoms with van der Waals surface area (Å²) in [7, 11) is 2.27. The standard InChI is InChI=1S/C16H32ClN/c1-3-4-5-6-7-8-11-14-18(2)16-13-10-9-12-15(16)17/h15-16H,3-14H2,1-2H3. The zero-order valence-electron chi connectivity index (χ0n) is 12.5. The average Bonchev–Trinajstić information content (AvgIpc) is 2.38. The summed E-state index contributed by atoms with van der Waals surface area (Å²) >= 11 is 6.43. The largest absolute Gasteiger partial charge is 0.302 e. The van der Waals surface area contributed by atoms with Crippen LogP contribution in [0.1, 0.15) is 77.6 Å². The minimum atomic E-state index is 0.397. The van der Waals surface area contributed by atoms with Gasteiger partial charge >= 0.3 is 0 Å². The molecule has 1 aliphatic rings. The first kappa shape index (κ1) is 16.3. The molecule has 18 heavy (non-hydrogen) atoms. The lowest BCUT2D eigenvalue weighted by Crippen LogP contribution is -2.41. The van der Waals surface area contributed by atoms with Crippen LogP contribution in [0.5, 0.6) is 0 Å². The van der Waals surface area contributed by atoms with Gasteiger partial charge in [-0.15, -0.1) is 11.6 Å². The molecule has 1 aliphatic carbocycles. The van der Waals surface area contributed by atoms with Gasteiger partial charge in [0.25, 0.3) is 0 Å². The highest BCUT2D eigenvalue weighted by Gasteiger charge is 2.25. The van der Waals surface area contributed by atoms with Gasteiger partial charge in [0.1, 0.15) is 0 Å². The van der Waals surface area contributed by atoms with Crippen LogP contribution < -0.4 is 0 Å². The van der Waals surface area contributed by atoms with E-state index in [9.17, 15) is 0 Å². The van der Waals surface area contributed by atoms with Crippen LogP contribution in [0.4, 0.5) is 0 Å². The first-order valence-corrected chi connectivity index (χ1v) is 8.53. The van der Waals surface area contributed by atoms with E-state index in [1.165, 1.54) is 77.2 Å². The maximum atomic E-state index is 6.43. The Morgan fingerprint density at radius 1 is 0.944 bits per heavy atom. The number of nitrogens with zero attached hydrogens (tertiary/aromatic N) is 1. The van der Waals surface area contributed by atoms with Gasteiger partial charge in [0.2, 0.25) is 0 Å². The molecule has 0 aromatic carbocycles. The van der Waals surface area contributed by atoms with Gasteiger partial charge in [0.05, 0.1) is 0 Å². The maximum absolute atomic E-state index is 6.43. The smallest absolute Gasteiger partial charge is 0.0491 e. The lowest BCUT2D eigenvalue weighted by atomic mass is 9.94. The van der Waals surface area contributed by atoms with Crippen LogP contribution in [0.2, 0.25) is 0 Å². The third kappa shape index (κ3) is 6.43. The van der Waals surface area contributed by atoms with Crippen molar-refractivity contribution in [3.05, 3.63) is 0 Å². The normalized spacial score (nSPS) is 24.7. The van der Waals surface area contributed by atoms with Gasteiger partial charge in [-0.2, -0.15) is 0 Å². The van der Waals surface area contributed by atoms with E-state index in [1.807, 2.05) is 0 Å². The SMILES string of the molecule is CCCCCCCCCN(C)C1CCCCC1Cl. The zero-order chi connectivity index (χ0) is 13.2. The van der Waals surface area contributed by atoms with Crippen molar-refractivity contribution in [2.24, 2.45) is 0 Å². The number of alkyl halides is 1. The van der Waals surface area contributed by atoms with Gasteiger partial charge in [-0.1, -0.05) is 58.3 Å². The van der Waals surface area contributed by atoms with Gasteiger partial charge in [-0.3, -0.25) is 0 Å². The van der Waals surface area contributed by atoms with Crippen LogP contribution >= 0.6 is 11.6 Å². The molecule has 2 atom stereocenters. The van der Waals surface area contributed by atoms with Crippen molar-refractivity contribution in [2.45, 2.75) is 89.0 Å². The molecule has 0 N–H and O–H groups in total. The molecule has 0 aromatic rings. The van der Waals surface area contributed by atoms with Crippen molar-refractivity contribution in [1.82, 2.24) is 4.90 Å². The molecule has 1 rings (SSSR count). The van der Waals surface area contributed by atoms with Gasteiger partial charge in [-0.05, 0) is 32.9 Å². The second kappa shape index (κ2) is 10.1. The highest BCUT2D eigenvalue weighted by atomic mass is 35.5. The molecule has 0 spiro atoms. The Labute approximate surface area is 119 Å². The van der Waals surface area contributed by atoms with Crippen molar-refractivity contribution in [3.8, 4) is 0 Å². The summed E-state index contributed by atoms with van der Waals surface area (Å²) in [6.07, 6.45) is 15.0. The molecule has 0 amide bonds. The highest BCUT2D eigenvalue weighted by molar-refractivity contribution is 6.21. The van der Waals surface area contributed by atoms with E-state index < -0.39 is 0 Å². The summed E-state index contributed by atoms with van der Waals surface area (Å²) in [6, 6.07) is 0.639. The molecule has 108 valence electrons. The molecule has 1 fully saturated rings. The summed E-state index contributed by atoms with van der Waals surface area (Å²) in [5, 5.41) is 0.397. The van der Waals surface area contributed by atoms with Crippen LogP contribution in [0, 0.1) is 0 Å². The van der Waals surface area contributed by atoms with E-state index in [-0.39, 0.29) is 0 Å². The van der Waals surface area contributed by atoms with E-state index in [4.69, 9.17) is 11.6 Å². The number of unbranched alkanes of at least 4 members (excludes halogenated alkanes) is 6. The summed E-state index contributed by atoms with van der Waals surface area (Å²) in [6.45, 7) is 3.52. The van der Waals surface area contributed by atoms with Gasteiger partial charge in [0, 0.05) is 11.4 Å². The lowest BCUT2D eigenvalue weighted by molar-refractivity contribution is 0.192. The van der Waals surface area contributed by atoms with Gasteiger partial charge < -0.3 is 4.90 Å². The lowest BCUT2D eigenvalue weighted by Gasteiger charge is -2.34. The fraction of sp³-hybridized carbons (Fsp3) is 1.00. The monoisotopic (exact) mass is 273 g/mol. The third-order valence-electron chi connectivity index (χ3n) is 4.33. The fourth-order valence-corrected chi connectivity index (χ4v) is 3.52. The Morgan fingerprint density at radius 2 is 1.56 bits per heavy atom. The molecular weight excluding hydrogens is 242 g/mol. The summed E-state index contributed by atoms with van der Waals surface area (Å²) < 4.78 is 0. The van der Waals surface area contributed by atoms with E-state index in [0.29, 0.717) is 11.4 Å². The molecule has 0 radical (unpaired) electrons. The van der Waals surface area contributed by atoms with Crippen molar-refractivity contribution in [3.63, 3.8) is 0 Å². The first-order valence-electron chi connectivity index (χ1n) is 8.10. The van der Waals surface area contributed by atoms with Crippen LogP contribution in [-0.2, 0) is 0 Å². The van der Waals surface area contributed by atoms with E-state index in [0.717, 1.165) is 0 Å². The molecule has 1 saturated carbocycles. The van der Waals surface area contributed by atoms with Crippen LogP contribution in [0.25, 0.3) is 0 Å². The predicted molar refractivity (Wildman–Crippen MR) is 82.5 cm³/mol. The Hall–Kier alpha value is 0.250. The molecule has 0 saturated heterocycles. The fourth-order valence-electron chi connectivity index (χ4n) is 3.05. The second-order valence-electron chi connectivity index (χ2n) is 5.97. The molecular formula is C16H32ClN. The van der Waals surface area contributed by atoms with Crippen molar-refractivity contribution < 1.29 is 0 Å². The number of halogens is 1. The van der Waals surface area contributed by atoms with Gasteiger partial charge in [0.15, 0.2) is 0 Å². The molecule has 0 aliphatic heterocycles. The van der Waals surface area contributed by atoms with Crippen LogP contribution in [0.15, 0.2) is 0 Å². The highest BCUT2D eigenvalue weighted by Crippen LogP contribution is 2.26. The third-order valence-corrected chi connectivity index (χ3v) is 4.84. The molecule has 2 unspecified atom stereocenters. The first-order chi connectivity index (χ1) is 8.75. The Balaban J connectivity index is 2.00. The number of hydrogen-bond donors (Lipinski definition) is 0. The Morgan fingerprint density at radius 3 is 2.22 bits per heavy atom. The van der Waals surface area contributed by atoms with E-state index >= 15 is 0 Å². The van der Waals surface area contributed by atoms with Crippen LogP contribution in [0.3, 0.4) is 0 Å². The summed E-state index contributed by atoms with van der Waals surface area (Å²) in [5.41, 5.74) is 0.